The third-order valence-corrected chi connectivity index (χ3v) is 6.84. The van der Waals surface area contributed by atoms with Gasteiger partial charge < -0.3 is 29.9 Å². The molecule has 0 fully saturated rings. The summed E-state index contributed by atoms with van der Waals surface area (Å²) in [5.41, 5.74) is 3.74. The minimum absolute atomic E-state index is 0.0475. The Morgan fingerprint density at radius 1 is 0.636 bits per heavy atom. The molecule has 3 aromatic carbocycles. The van der Waals surface area contributed by atoms with Gasteiger partial charge in [-0.25, -0.2) is 0 Å². The molecule has 8 nitrogen and oxygen atoms in total. The van der Waals surface area contributed by atoms with E-state index in [-0.39, 0.29) is 69.6 Å². The molecule has 3 aromatic rings. The first-order valence-electron chi connectivity index (χ1n) is 13.9. The number of methoxy groups -OCH3 is 2. The molecule has 3 rings (SSSR count). The number of ether oxygens (including phenoxy) is 2. The van der Waals surface area contributed by atoms with Crippen molar-refractivity contribution in [3.8, 4) is 34.5 Å². The molecule has 0 atom stereocenters. The molecule has 8 heteroatoms. The number of benzene rings is 3. The first kappa shape index (κ1) is 33.3. The number of hydrogen-bond donors (Lipinski definition) is 4. The van der Waals surface area contributed by atoms with Crippen LogP contribution in [-0.4, -0.2) is 46.2 Å². The number of carbonyl (C=O) groups is 2. The Hall–Kier alpha value is -5.24. The zero-order chi connectivity index (χ0) is 32.6. The van der Waals surface area contributed by atoms with Crippen LogP contribution in [0.4, 0.5) is 0 Å². The molecule has 44 heavy (non-hydrogen) atoms. The zero-order valence-electron chi connectivity index (χ0n) is 25.8. The zero-order valence-corrected chi connectivity index (χ0v) is 25.8. The van der Waals surface area contributed by atoms with Crippen molar-refractivity contribution in [2.45, 2.75) is 40.5 Å². The number of rotatable bonds is 12. The number of hydrogen-bond acceptors (Lipinski definition) is 8. The van der Waals surface area contributed by atoms with E-state index in [1.807, 2.05) is 39.8 Å². The van der Waals surface area contributed by atoms with Crippen LogP contribution >= 0.6 is 0 Å². The van der Waals surface area contributed by atoms with E-state index in [1.54, 1.807) is 36.4 Å². The molecule has 0 saturated carbocycles. The molecular formula is C36H38O8. The second kappa shape index (κ2) is 14.8. The van der Waals surface area contributed by atoms with E-state index in [2.05, 4.69) is 0 Å². The summed E-state index contributed by atoms with van der Waals surface area (Å²) in [6.45, 7) is 7.58. The minimum Gasteiger partial charge on any atom is -0.507 e. The van der Waals surface area contributed by atoms with Gasteiger partial charge in [-0.1, -0.05) is 59.7 Å². The molecule has 0 saturated heterocycles. The van der Waals surface area contributed by atoms with Crippen molar-refractivity contribution in [2.75, 3.05) is 14.2 Å². The predicted octanol–water partition coefficient (Wildman–Crippen LogP) is 7.34. The Labute approximate surface area is 257 Å². The van der Waals surface area contributed by atoms with Crippen molar-refractivity contribution < 1.29 is 39.5 Å². The monoisotopic (exact) mass is 598 g/mol. The molecule has 230 valence electrons. The SMILES string of the molecule is COc1cc(O)c(CC=C(C)C)c(O)c1C(=O)/C=C/c1ccc(/C=C/C(=O)c2c(OC)cc(O)c(CC=C(C)C)c2O)cc1. The standard InChI is InChI=1S/C36H38O8/c1-21(2)7-15-25-29(39)19-31(43-5)33(35(25)41)27(37)17-13-23-9-11-24(12-10-23)14-18-28(38)34-32(44-6)20-30(40)26(36(34)42)16-8-22(3)4/h7-14,17-20,39-42H,15-16H2,1-6H3/b17-13+,18-14+. The third-order valence-electron chi connectivity index (χ3n) is 6.84. The predicted molar refractivity (Wildman–Crippen MR) is 172 cm³/mol. The highest BCUT2D eigenvalue weighted by atomic mass is 16.5. The average Bonchev–Trinajstić information content (AvgIpc) is 2.97. The van der Waals surface area contributed by atoms with Crippen molar-refractivity contribution in [3.05, 3.63) is 105 Å². The number of phenols is 4. The lowest BCUT2D eigenvalue weighted by Gasteiger charge is -2.13. The van der Waals surface area contributed by atoms with E-state index in [1.165, 1.54) is 38.5 Å². The van der Waals surface area contributed by atoms with Crippen LogP contribution in [0.15, 0.2) is 71.8 Å². The van der Waals surface area contributed by atoms with Gasteiger partial charge in [-0.15, -0.1) is 0 Å². The topological polar surface area (TPSA) is 134 Å². The fourth-order valence-electron chi connectivity index (χ4n) is 4.39. The maximum atomic E-state index is 13.1. The van der Waals surface area contributed by atoms with Gasteiger partial charge in [-0.05, 0) is 63.8 Å². The molecule has 4 N–H and O–H groups in total. The van der Waals surface area contributed by atoms with Gasteiger partial charge in [0.15, 0.2) is 11.6 Å². The molecule has 0 aliphatic heterocycles. The average molecular weight is 599 g/mol. The summed E-state index contributed by atoms with van der Waals surface area (Å²) in [4.78, 5) is 26.2. The van der Waals surface area contributed by atoms with Gasteiger partial charge in [-0.3, -0.25) is 9.59 Å². The smallest absolute Gasteiger partial charge is 0.193 e. The van der Waals surface area contributed by atoms with E-state index in [0.717, 1.165) is 11.1 Å². The summed E-state index contributed by atoms with van der Waals surface area (Å²) in [6, 6.07) is 9.62. The molecule has 0 aliphatic carbocycles. The van der Waals surface area contributed by atoms with Gasteiger partial charge in [0.2, 0.25) is 0 Å². The Balaban J connectivity index is 1.82. The molecule has 0 aromatic heterocycles. The number of allylic oxidation sites excluding steroid dienone is 6. The van der Waals surface area contributed by atoms with Gasteiger partial charge >= 0.3 is 0 Å². The van der Waals surface area contributed by atoms with Crippen molar-refractivity contribution in [1.29, 1.82) is 0 Å². The lowest BCUT2D eigenvalue weighted by atomic mass is 9.98. The largest absolute Gasteiger partial charge is 0.507 e. The first-order valence-corrected chi connectivity index (χ1v) is 13.9. The summed E-state index contributed by atoms with van der Waals surface area (Å²) in [7, 11) is 2.70. The highest BCUT2D eigenvalue weighted by Gasteiger charge is 2.23. The van der Waals surface area contributed by atoms with Crippen LogP contribution in [-0.2, 0) is 12.8 Å². The minimum atomic E-state index is -0.501. The van der Waals surface area contributed by atoms with Crippen molar-refractivity contribution in [3.63, 3.8) is 0 Å². The van der Waals surface area contributed by atoms with Crippen LogP contribution in [0.3, 0.4) is 0 Å². The van der Waals surface area contributed by atoms with E-state index in [9.17, 15) is 30.0 Å². The second-order valence-corrected chi connectivity index (χ2v) is 10.6. The summed E-state index contributed by atoms with van der Waals surface area (Å²) in [5, 5.41) is 42.3. The second-order valence-electron chi connectivity index (χ2n) is 10.6. The lowest BCUT2D eigenvalue weighted by Crippen LogP contribution is -2.02. The maximum Gasteiger partial charge on any atom is 0.193 e. The molecule has 0 bridgehead atoms. The number of phenolic OH excluding ortho intramolecular Hbond substituents is 4. The van der Waals surface area contributed by atoms with E-state index >= 15 is 0 Å². The Morgan fingerprint density at radius 3 is 1.27 bits per heavy atom. The quantitative estimate of drug-likeness (QED) is 0.0967. The molecule has 0 heterocycles. The van der Waals surface area contributed by atoms with Gasteiger partial charge in [0.25, 0.3) is 0 Å². The van der Waals surface area contributed by atoms with Crippen LogP contribution in [0.25, 0.3) is 12.2 Å². The summed E-state index contributed by atoms with van der Waals surface area (Å²) >= 11 is 0. The summed E-state index contributed by atoms with van der Waals surface area (Å²) in [5.74, 6) is -1.88. The molecule has 0 aliphatic rings. The number of aromatic hydroxyl groups is 4. The molecular weight excluding hydrogens is 560 g/mol. The van der Waals surface area contributed by atoms with Crippen LogP contribution in [0.2, 0.25) is 0 Å². The fraction of sp³-hybridized carbons (Fsp3) is 0.222. The lowest BCUT2D eigenvalue weighted by molar-refractivity contribution is 0.103. The number of carbonyl (C=O) groups excluding carboxylic acids is 2. The van der Waals surface area contributed by atoms with E-state index < -0.39 is 11.6 Å². The van der Waals surface area contributed by atoms with Crippen molar-refractivity contribution in [1.82, 2.24) is 0 Å². The highest BCUT2D eigenvalue weighted by molar-refractivity contribution is 6.11. The normalized spacial score (nSPS) is 11.0. The van der Waals surface area contributed by atoms with Crippen molar-refractivity contribution >= 4 is 23.7 Å². The van der Waals surface area contributed by atoms with Crippen LogP contribution in [0.5, 0.6) is 34.5 Å². The van der Waals surface area contributed by atoms with E-state index in [4.69, 9.17) is 9.47 Å². The molecule has 0 radical (unpaired) electrons. The first-order chi connectivity index (χ1) is 20.9. The third kappa shape index (κ3) is 7.98. The van der Waals surface area contributed by atoms with Crippen LogP contribution in [0.1, 0.15) is 70.7 Å². The van der Waals surface area contributed by atoms with Gasteiger partial charge in [0, 0.05) is 23.3 Å². The Bertz CT molecular complexity index is 1540. The van der Waals surface area contributed by atoms with Gasteiger partial charge in [-0.2, -0.15) is 0 Å². The Kier molecular flexibility index (Phi) is 11.2. The fourth-order valence-corrected chi connectivity index (χ4v) is 4.39. The van der Waals surface area contributed by atoms with E-state index in [0.29, 0.717) is 11.1 Å². The van der Waals surface area contributed by atoms with Crippen LogP contribution in [0, 0.1) is 0 Å². The Morgan fingerprint density at radius 2 is 0.977 bits per heavy atom. The molecule has 0 spiro atoms. The molecule has 0 unspecified atom stereocenters. The van der Waals surface area contributed by atoms with Gasteiger partial charge in [0.1, 0.15) is 45.6 Å². The van der Waals surface area contributed by atoms with Crippen LogP contribution < -0.4 is 9.47 Å². The molecule has 0 amide bonds. The highest BCUT2D eigenvalue weighted by Crippen LogP contribution is 2.40. The summed E-state index contributed by atoms with van der Waals surface area (Å²) in [6.07, 6.45) is 9.94. The van der Waals surface area contributed by atoms with Gasteiger partial charge in [0.05, 0.1) is 14.2 Å². The summed E-state index contributed by atoms with van der Waals surface area (Å²) < 4.78 is 10.5. The number of ketones is 2. The maximum absolute atomic E-state index is 13.1. The van der Waals surface area contributed by atoms with Crippen molar-refractivity contribution in [2.24, 2.45) is 0 Å².